The molecule has 2 N–H and O–H groups in total. The average Bonchev–Trinajstić information content (AvgIpc) is 2.67. The van der Waals surface area contributed by atoms with Crippen molar-refractivity contribution in [2.45, 2.75) is 38.8 Å². The minimum Gasteiger partial charge on any atom is -0.480 e. The first-order chi connectivity index (χ1) is 8.49. The van der Waals surface area contributed by atoms with Gasteiger partial charge in [-0.1, -0.05) is 35.8 Å². The summed E-state index contributed by atoms with van der Waals surface area (Å²) in [5, 5.41) is 12.5. The molecule has 1 aromatic carbocycles. The first-order valence-corrected chi connectivity index (χ1v) is 7.05. The Labute approximate surface area is 116 Å². The predicted molar refractivity (Wildman–Crippen MR) is 74.6 cm³/mol. The number of aliphatic carboxylic acids is 1. The fourth-order valence-corrected chi connectivity index (χ4v) is 2.93. The van der Waals surface area contributed by atoms with Gasteiger partial charge in [0, 0.05) is 10.5 Å². The highest BCUT2D eigenvalue weighted by Crippen LogP contribution is 2.33. The SMILES string of the molecule is CC(C)C(NC1CCc2cc(Br)ccc21)C(=O)O. The van der Waals surface area contributed by atoms with E-state index in [1.54, 1.807) is 0 Å². The van der Waals surface area contributed by atoms with Crippen molar-refractivity contribution in [3.8, 4) is 0 Å². The van der Waals surface area contributed by atoms with Gasteiger partial charge < -0.3 is 5.11 Å². The summed E-state index contributed by atoms with van der Waals surface area (Å²) in [5.41, 5.74) is 2.56. The first-order valence-electron chi connectivity index (χ1n) is 6.26. The van der Waals surface area contributed by atoms with Gasteiger partial charge in [-0.25, -0.2) is 0 Å². The summed E-state index contributed by atoms with van der Waals surface area (Å²) in [6.07, 6.45) is 1.99. The summed E-state index contributed by atoms with van der Waals surface area (Å²) in [6, 6.07) is 5.91. The molecule has 1 aromatic rings. The summed E-state index contributed by atoms with van der Waals surface area (Å²) in [6.45, 7) is 3.87. The van der Waals surface area contributed by atoms with Crippen LogP contribution in [0.2, 0.25) is 0 Å². The van der Waals surface area contributed by atoms with E-state index in [0.29, 0.717) is 0 Å². The molecule has 1 aliphatic rings. The molecule has 0 heterocycles. The minimum atomic E-state index is -0.768. The molecule has 0 bridgehead atoms. The van der Waals surface area contributed by atoms with Crippen molar-refractivity contribution in [1.29, 1.82) is 0 Å². The summed E-state index contributed by atoms with van der Waals surface area (Å²) in [7, 11) is 0. The van der Waals surface area contributed by atoms with Crippen LogP contribution in [-0.4, -0.2) is 17.1 Å². The third-order valence-electron chi connectivity index (χ3n) is 3.50. The van der Waals surface area contributed by atoms with E-state index >= 15 is 0 Å². The van der Waals surface area contributed by atoms with E-state index in [9.17, 15) is 9.90 Å². The molecule has 18 heavy (non-hydrogen) atoms. The van der Waals surface area contributed by atoms with Crippen molar-refractivity contribution < 1.29 is 9.90 Å². The normalized spacial score (nSPS) is 19.9. The van der Waals surface area contributed by atoms with Gasteiger partial charge in [0.1, 0.15) is 6.04 Å². The van der Waals surface area contributed by atoms with Gasteiger partial charge in [-0.15, -0.1) is 0 Å². The minimum absolute atomic E-state index is 0.0852. The number of aryl methyl sites for hydroxylation is 1. The van der Waals surface area contributed by atoms with Crippen molar-refractivity contribution in [2.24, 2.45) is 5.92 Å². The molecular weight excluding hydrogens is 294 g/mol. The molecule has 3 nitrogen and oxygen atoms in total. The maximum absolute atomic E-state index is 11.2. The van der Waals surface area contributed by atoms with E-state index in [4.69, 9.17) is 0 Å². The van der Waals surface area contributed by atoms with Crippen LogP contribution in [0.5, 0.6) is 0 Å². The lowest BCUT2D eigenvalue weighted by Gasteiger charge is -2.23. The molecule has 2 atom stereocenters. The number of halogens is 1. The summed E-state index contributed by atoms with van der Waals surface area (Å²) >= 11 is 3.47. The van der Waals surface area contributed by atoms with Gasteiger partial charge in [0.2, 0.25) is 0 Å². The van der Waals surface area contributed by atoms with Crippen LogP contribution in [0, 0.1) is 5.92 Å². The molecule has 2 rings (SSSR count). The average molecular weight is 312 g/mol. The zero-order valence-corrected chi connectivity index (χ0v) is 12.2. The van der Waals surface area contributed by atoms with Crippen LogP contribution < -0.4 is 5.32 Å². The van der Waals surface area contributed by atoms with Crippen LogP contribution in [0.1, 0.15) is 37.4 Å². The van der Waals surface area contributed by atoms with Crippen LogP contribution in [0.4, 0.5) is 0 Å². The number of carboxylic acids is 1. The molecule has 0 amide bonds. The molecule has 0 saturated heterocycles. The molecule has 0 aliphatic heterocycles. The molecule has 98 valence electrons. The van der Waals surface area contributed by atoms with Crippen molar-refractivity contribution in [3.05, 3.63) is 33.8 Å². The fraction of sp³-hybridized carbons (Fsp3) is 0.500. The number of fused-ring (bicyclic) bond motifs is 1. The van der Waals surface area contributed by atoms with Crippen molar-refractivity contribution >= 4 is 21.9 Å². The molecule has 0 fully saturated rings. The topological polar surface area (TPSA) is 49.3 Å². The van der Waals surface area contributed by atoms with Gasteiger partial charge in [-0.05, 0) is 42.0 Å². The molecular formula is C14H18BrNO2. The number of hydrogen-bond donors (Lipinski definition) is 2. The Bertz CT molecular complexity index is 459. The largest absolute Gasteiger partial charge is 0.480 e. The molecule has 0 saturated carbocycles. The lowest BCUT2D eigenvalue weighted by atomic mass is 10.0. The monoisotopic (exact) mass is 311 g/mol. The second-order valence-electron chi connectivity index (χ2n) is 5.16. The quantitative estimate of drug-likeness (QED) is 0.898. The van der Waals surface area contributed by atoms with Gasteiger partial charge in [-0.2, -0.15) is 0 Å². The van der Waals surface area contributed by atoms with E-state index in [1.165, 1.54) is 11.1 Å². The molecule has 1 aliphatic carbocycles. The standard InChI is InChI=1S/C14H18BrNO2/c1-8(2)13(14(17)18)16-12-6-3-9-7-10(15)4-5-11(9)12/h4-5,7-8,12-13,16H,3,6H2,1-2H3,(H,17,18). The summed E-state index contributed by atoms with van der Waals surface area (Å²) in [4.78, 5) is 11.2. The highest BCUT2D eigenvalue weighted by atomic mass is 79.9. The van der Waals surface area contributed by atoms with E-state index in [1.807, 2.05) is 19.9 Å². The van der Waals surface area contributed by atoms with Crippen LogP contribution in [0.15, 0.2) is 22.7 Å². The molecule has 2 unspecified atom stereocenters. The Morgan fingerprint density at radius 2 is 2.22 bits per heavy atom. The first kappa shape index (κ1) is 13.6. The van der Waals surface area contributed by atoms with Crippen molar-refractivity contribution in [2.75, 3.05) is 0 Å². The van der Waals surface area contributed by atoms with Crippen molar-refractivity contribution in [3.63, 3.8) is 0 Å². The highest BCUT2D eigenvalue weighted by molar-refractivity contribution is 9.10. The van der Waals surface area contributed by atoms with Crippen molar-refractivity contribution in [1.82, 2.24) is 5.32 Å². The fourth-order valence-electron chi connectivity index (χ4n) is 2.52. The van der Waals surface area contributed by atoms with Gasteiger partial charge in [-0.3, -0.25) is 10.1 Å². The number of carboxylic acid groups (broad SMARTS) is 1. The Hall–Kier alpha value is -0.870. The Morgan fingerprint density at radius 1 is 1.50 bits per heavy atom. The molecule has 4 heteroatoms. The van der Waals surface area contributed by atoms with Gasteiger partial charge >= 0.3 is 5.97 Å². The third-order valence-corrected chi connectivity index (χ3v) is 3.99. The lowest BCUT2D eigenvalue weighted by molar-refractivity contribution is -0.140. The smallest absolute Gasteiger partial charge is 0.320 e. The maximum atomic E-state index is 11.2. The Morgan fingerprint density at radius 3 is 2.83 bits per heavy atom. The zero-order chi connectivity index (χ0) is 13.3. The van der Waals surface area contributed by atoms with Crippen LogP contribution in [0.25, 0.3) is 0 Å². The Balaban J connectivity index is 2.16. The summed E-state index contributed by atoms with van der Waals surface area (Å²) < 4.78 is 1.08. The second-order valence-corrected chi connectivity index (χ2v) is 6.08. The third kappa shape index (κ3) is 2.75. The van der Waals surface area contributed by atoms with E-state index in [-0.39, 0.29) is 12.0 Å². The van der Waals surface area contributed by atoms with Gasteiger partial charge in [0.05, 0.1) is 0 Å². The zero-order valence-electron chi connectivity index (χ0n) is 10.6. The highest BCUT2D eigenvalue weighted by Gasteiger charge is 2.29. The molecule has 0 radical (unpaired) electrons. The van der Waals surface area contributed by atoms with Crippen LogP contribution in [0.3, 0.4) is 0 Å². The maximum Gasteiger partial charge on any atom is 0.320 e. The number of benzene rings is 1. The number of hydrogen-bond acceptors (Lipinski definition) is 2. The van der Waals surface area contributed by atoms with Crippen LogP contribution >= 0.6 is 15.9 Å². The van der Waals surface area contributed by atoms with Crippen LogP contribution in [-0.2, 0) is 11.2 Å². The number of rotatable bonds is 4. The van der Waals surface area contributed by atoms with E-state index in [2.05, 4.69) is 33.4 Å². The summed E-state index contributed by atoms with van der Waals surface area (Å²) in [5.74, 6) is -0.683. The second kappa shape index (κ2) is 5.41. The van der Waals surface area contributed by atoms with Gasteiger partial charge in [0.15, 0.2) is 0 Å². The molecule has 0 spiro atoms. The Kier molecular flexibility index (Phi) is 4.07. The number of nitrogens with one attached hydrogen (secondary N) is 1. The number of carbonyl (C=O) groups is 1. The predicted octanol–water partition coefficient (Wildman–Crippen LogP) is 3.14. The van der Waals surface area contributed by atoms with E-state index < -0.39 is 12.0 Å². The molecule has 0 aromatic heterocycles. The van der Waals surface area contributed by atoms with E-state index in [0.717, 1.165) is 17.3 Å². The van der Waals surface area contributed by atoms with Gasteiger partial charge in [0.25, 0.3) is 0 Å². The lowest BCUT2D eigenvalue weighted by Crippen LogP contribution is -2.42.